The van der Waals surface area contributed by atoms with Crippen LogP contribution in [0.2, 0.25) is 0 Å². The number of hydrazine groups is 1. The van der Waals surface area contributed by atoms with E-state index in [9.17, 15) is 0 Å². The second-order valence-corrected chi connectivity index (χ2v) is 4.90. The summed E-state index contributed by atoms with van der Waals surface area (Å²) < 4.78 is 0. The van der Waals surface area contributed by atoms with E-state index in [1.165, 1.54) is 4.88 Å². The fraction of sp³-hybridized carbons (Fsp3) is 0.667. The molecule has 0 radical (unpaired) electrons. The number of nitrogens with two attached hydrogens (primary N) is 1. The number of thiazole rings is 1. The molecule has 1 aromatic rings. The highest BCUT2D eigenvalue weighted by Crippen LogP contribution is 2.25. The number of hydrogen-bond acceptors (Lipinski definition) is 4. The van der Waals surface area contributed by atoms with Crippen molar-refractivity contribution < 1.29 is 0 Å². The van der Waals surface area contributed by atoms with Crippen LogP contribution in [0.25, 0.3) is 0 Å². The summed E-state index contributed by atoms with van der Waals surface area (Å²) in [6.07, 6.45) is 2.96. The second kappa shape index (κ2) is 4.69. The van der Waals surface area contributed by atoms with Gasteiger partial charge in [-0.1, -0.05) is 13.8 Å². The summed E-state index contributed by atoms with van der Waals surface area (Å²) >= 11 is 1.71. The van der Waals surface area contributed by atoms with Crippen LogP contribution in [-0.4, -0.2) is 4.98 Å². The van der Waals surface area contributed by atoms with Crippen LogP contribution in [0.5, 0.6) is 0 Å². The molecule has 0 bridgehead atoms. The zero-order chi connectivity index (χ0) is 9.84. The molecule has 0 aliphatic carbocycles. The Bertz CT molecular complexity index is 257. The Morgan fingerprint density at radius 1 is 1.62 bits per heavy atom. The van der Waals surface area contributed by atoms with Crippen LogP contribution in [0, 0.1) is 12.8 Å². The van der Waals surface area contributed by atoms with Gasteiger partial charge < -0.3 is 0 Å². The predicted molar refractivity (Wildman–Crippen MR) is 56.4 cm³/mol. The van der Waals surface area contributed by atoms with Crippen molar-refractivity contribution in [1.82, 2.24) is 10.4 Å². The summed E-state index contributed by atoms with van der Waals surface area (Å²) in [6.45, 7) is 6.40. The highest BCUT2D eigenvalue weighted by molar-refractivity contribution is 7.11. The van der Waals surface area contributed by atoms with Crippen LogP contribution in [-0.2, 0) is 0 Å². The van der Waals surface area contributed by atoms with Crippen molar-refractivity contribution in [3.8, 4) is 0 Å². The van der Waals surface area contributed by atoms with Gasteiger partial charge >= 0.3 is 0 Å². The van der Waals surface area contributed by atoms with Gasteiger partial charge in [0.25, 0.3) is 0 Å². The Labute approximate surface area is 83.3 Å². The first-order valence-electron chi connectivity index (χ1n) is 4.52. The largest absolute Gasteiger partial charge is 0.271 e. The Morgan fingerprint density at radius 3 is 2.69 bits per heavy atom. The lowest BCUT2D eigenvalue weighted by Crippen LogP contribution is -2.28. The van der Waals surface area contributed by atoms with Crippen molar-refractivity contribution in [2.45, 2.75) is 33.2 Å². The summed E-state index contributed by atoms with van der Waals surface area (Å²) in [7, 11) is 0. The van der Waals surface area contributed by atoms with Crippen LogP contribution in [0.15, 0.2) is 6.20 Å². The first-order valence-corrected chi connectivity index (χ1v) is 5.33. The van der Waals surface area contributed by atoms with Gasteiger partial charge in [-0.25, -0.2) is 4.98 Å². The van der Waals surface area contributed by atoms with Gasteiger partial charge in [0.05, 0.1) is 11.0 Å². The normalized spacial score (nSPS) is 13.6. The number of aryl methyl sites for hydroxylation is 1. The quantitative estimate of drug-likeness (QED) is 0.576. The minimum Gasteiger partial charge on any atom is -0.271 e. The summed E-state index contributed by atoms with van der Waals surface area (Å²) in [6, 6.07) is 0.256. The molecule has 0 aliphatic heterocycles. The minimum absolute atomic E-state index is 0.256. The van der Waals surface area contributed by atoms with E-state index in [0.717, 1.165) is 11.4 Å². The molecular formula is C9H17N3S. The molecule has 0 saturated carbocycles. The summed E-state index contributed by atoms with van der Waals surface area (Å²) in [5.74, 6) is 6.13. The smallest absolute Gasteiger partial charge is 0.0897 e. The molecule has 13 heavy (non-hydrogen) atoms. The van der Waals surface area contributed by atoms with Crippen molar-refractivity contribution in [1.29, 1.82) is 0 Å². The van der Waals surface area contributed by atoms with Gasteiger partial charge in [0.1, 0.15) is 0 Å². The Morgan fingerprint density at radius 2 is 2.31 bits per heavy atom. The zero-order valence-electron chi connectivity index (χ0n) is 8.37. The minimum atomic E-state index is 0.256. The van der Waals surface area contributed by atoms with E-state index < -0.39 is 0 Å². The van der Waals surface area contributed by atoms with Crippen LogP contribution in [0.3, 0.4) is 0 Å². The van der Waals surface area contributed by atoms with Gasteiger partial charge in [0.15, 0.2) is 0 Å². The molecular weight excluding hydrogens is 182 g/mol. The number of nitrogens with zero attached hydrogens (tertiary/aromatic N) is 1. The van der Waals surface area contributed by atoms with Crippen molar-refractivity contribution >= 4 is 11.3 Å². The maximum absolute atomic E-state index is 5.49. The lowest BCUT2D eigenvalue weighted by molar-refractivity contribution is 0.443. The molecule has 0 amide bonds. The first kappa shape index (κ1) is 10.6. The molecule has 0 spiro atoms. The lowest BCUT2D eigenvalue weighted by Gasteiger charge is -2.15. The standard InChI is InChI=1S/C9H17N3S/c1-6(2)4-8(12-10)9-5-11-7(3)13-9/h5-6,8,12H,4,10H2,1-3H3. The Balaban J connectivity index is 2.66. The van der Waals surface area contributed by atoms with E-state index in [4.69, 9.17) is 5.84 Å². The van der Waals surface area contributed by atoms with Gasteiger partial charge in [-0.2, -0.15) is 0 Å². The van der Waals surface area contributed by atoms with Gasteiger partial charge in [-0.05, 0) is 19.3 Å². The summed E-state index contributed by atoms with van der Waals surface area (Å²) in [5, 5.41) is 1.10. The highest BCUT2D eigenvalue weighted by Gasteiger charge is 2.13. The van der Waals surface area contributed by atoms with Crippen LogP contribution >= 0.6 is 11.3 Å². The molecule has 0 aromatic carbocycles. The summed E-state index contributed by atoms with van der Waals surface area (Å²) in [4.78, 5) is 5.45. The van der Waals surface area contributed by atoms with Gasteiger partial charge in [0, 0.05) is 11.1 Å². The molecule has 4 heteroatoms. The fourth-order valence-electron chi connectivity index (χ4n) is 1.28. The third-order valence-electron chi connectivity index (χ3n) is 1.89. The van der Waals surface area contributed by atoms with Gasteiger partial charge in [-0.15, -0.1) is 11.3 Å². The first-order chi connectivity index (χ1) is 6.13. The topological polar surface area (TPSA) is 50.9 Å². The Hall–Kier alpha value is -0.450. The predicted octanol–water partition coefficient (Wildman–Crippen LogP) is 2.00. The monoisotopic (exact) mass is 199 g/mol. The molecule has 1 aromatic heterocycles. The SMILES string of the molecule is Cc1ncc(C(CC(C)C)NN)s1. The molecule has 0 fully saturated rings. The maximum atomic E-state index is 5.49. The fourth-order valence-corrected chi connectivity index (χ4v) is 2.14. The van der Waals surface area contributed by atoms with Crippen molar-refractivity contribution in [3.63, 3.8) is 0 Å². The van der Waals surface area contributed by atoms with Crippen molar-refractivity contribution in [3.05, 3.63) is 16.1 Å². The molecule has 1 unspecified atom stereocenters. The van der Waals surface area contributed by atoms with E-state index >= 15 is 0 Å². The number of rotatable bonds is 4. The number of nitrogens with one attached hydrogen (secondary N) is 1. The maximum Gasteiger partial charge on any atom is 0.0897 e. The number of hydrogen-bond donors (Lipinski definition) is 2. The molecule has 1 atom stereocenters. The highest BCUT2D eigenvalue weighted by atomic mass is 32.1. The van der Waals surface area contributed by atoms with E-state index in [-0.39, 0.29) is 6.04 Å². The van der Waals surface area contributed by atoms with Crippen LogP contribution in [0.1, 0.15) is 36.2 Å². The summed E-state index contributed by atoms with van der Waals surface area (Å²) in [5.41, 5.74) is 2.83. The van der Waals surface area contributed by atoms with Gasteiger partial charge in [0.2, 0.25) is 0 Å². The average molecular weight is 199 g/mol. The third-order valence-corrected chi connectivity index (χ3v) is 2.92. The lowest BCUT2D eigenvalue weighted by atomic mass is 10.0. The second-order valence-electron chi connectivity index (χ2n) is 3.63. The molecule has 1 rings (SSSR count). The average Bonchev–Trinajstić information content (AvgIpc) is 2.47. The van der Waals surface area contributed by atoms with Gasteiger partial charge in [-0.3, -0.25) is 11.3 Å². The number of aromatic nitrogens is 1. The molecule has 74 valence electrons. The van der Waals surface area contributed by atoms with E-state index in [1.807, 2.05) is 13.1 Å². The van der Waals surface area contributed by atoms with Crippen molar-refractivity contribution in [2.75, 3.05) is 0 Å². The molecule has 1 heterocycles. The zero-order valence-corrected chi connectivity index (χ0v) is 9.19. The molecule has 3 N–H and O–H groups in total. The van der Waals surface area contributed by atoms with E-state index in [1.54, 1.807) is 11.3 Å². The third kappa shape index (κ3) is 3.06. The van der Waals surface area contributed by atoms with Crippen LogP contribution in [0.4, 0.5) is 0 Å². The molecule has 0 aliphatic rings. The van der Waals surface area contributed by atoms with E-state index in [0.29, 0.717) is 5.92 Å². The van der Waals surface area contributed by atoms with Crippen LogP contribution < -0.4 is 11.3 Å². The molecule has 0 saturated heterocycles. The van der Waals surface area contributed by atoms with Crippen molar-refractivity contribution in [2.24, 2.45) is 11.8 Å². The Kier molecular flexibility index (Phi) is 3.84. The van der Waals surface area contributed by atoms with E-state index in [2.05, 4.69) is 24.3 Å². The molecule has 3 nitrogen and oxygen atoms in total.